The average molecular weight is 267 g/mol. The number of terminal acetylenes is 1. The van der Waals surface area contributed by atoms with E-state index in [1.165, 1.54) is 0 Å². The van der Waals surface area contributed by atoms with Crippen molar-refractivity contribution in [2.24, 2.45) is 0 Å². The van der Waals surface area contributed by atoms with Gasteiger partial charge in [0, 0.05) is 5.56 Å². The summed E-state index contributed by atoms with van der Waals surface area (Å²) in [6.07, 6.45) is 6.82. The van der Waals surface area contributed by atoms with Gasteiger partial charge in [0.15, 0.2) is 0 Å². The molecule has 1 N–H and O–H groups in total. The van der Waals surface area contributed by atoms with Gasteiger partial charge in [0.25, 0.3) is 5.91 Å². The van der Waals surface area contributed by atoms with E-state index in [0.717, 1.165) is 35.3 Å². The van der Waals surface area contributed by atoms with Crippen LogP contribution in [0.4, 0.5) is 0 Å². The monoisotopic (exact) mass is 267 g/mol. The number of nitrogens with zero attached hydrogens (tertiary/aromatic N) is 2. The molecule has 4 nitrogen and oxygen atoms in total. The SMILES string of the molecule is C#CCNC(=O)c1ccc2nc(CC)c(CC)nc2c1. The molecule has 1 aromatic heterocycles. The fourth-order valence-electron chi connectivity index (χ4n) is 2.07. The number of aryl methyl sites for hydroxylation is 2. The first-order valence-electron chi connectivity index (χ1n) is 6.70. The zero-order valence-corrected chi connectivity index (χ0v) is 11.7. The molecule has 0 aliphatic rings. The third-order valence-corrected chi connectivity index (χ3v) is 3.10. The number of amides is 1. The molecule has 102 valence electrons. The average Bonchev–Trinajstić information content (AvgIpc) is 2.50. The molecule has 0 fully saturated rings. The first-order valence-corrected chi connectivity index (χ1v) is 6.70. The predicted octanol–water partition coefficient (Wildman–Crippen LogP) is 2.12. The molecular weight excluding hydrogens is 250 g/mol. The van der Waals surface area contributed by atoms with Crippen molar-refractivity contribution in [3.63, 3.8) is 0 Å². The van der Waals surface area contributed by atoms with Gasteiger partial charge in [-0.05, 0) is 31.0 Å². The number of hydrogen-bond acceptors (Lipinski definition) is 3. The summed E-state index contributed by atoms with van der Waals surface area (Å²) in [5.74, 6) is 2.19. The second kappa shape index (κ2) is 6.16. The first-order chi connectivity index (χ1) is 9.69. The Morgan fingerprint density at radius 2 is 1.85 bits per heavy atom. The van der Waals surface area contributed by atoms with Crippen LogP contribution in [-0.2, 0) is 12.8 Å². The van der Waals surface area contributed by atoms with E-state index in [1.54, 1.807) is 12.1 Å². The smallest absolute Gasteiger partial charge is 0.252 e. The van der Waals surface area contributed by atoms with E-state index in [9.17, 15) is 4.79 Å². The number of carbonyl (C=O) groups is 1. The van der Waals surface area contributed by atoms with Gasteiger partial charge in [0.05, 0.1) is 29.0 Å². The van der Waals surface area contributed by atoms with Crippen LogP contribution in [0.15, 0.2) is 18.2 Å². The van der Waals surface area contributed by atoms with Gasteiger partial charge in [0.1, 0.15) is 0 Å². The molecule has 0 unspecified atom stereocenters. The van der Waals surface area contributed by atoms with E-state index in [4.69, 9.17) is 6.42 Å². The second-order valence-electron chi connectivity index (χ2n) is 4.41. The van der Waals surface area contributed by atoms with Crippen LogP contribution in [0.25, 0.3) is 11.0 Å². The number of hydrogen-bond donors (Lipinski definition) is 1. The molecular formula is C16H17N3O. The second-order valence-corrected chi connectivity index (χ2v) is 4.41. The molecule has 0 atom stereocenters. The van der Waals surface area contributed by atoms with Crippen molar-refractivity contribution >= 4 is 16.9 Å². The summed E-state index contributed by atoms with van der Waals surface area (Å²) in [5, 5.41) is 2.64. The molecule has 0 saturated heterocycles. The molecule has 0 bridgehead atoms. The maximum Gasteiger partial charge on any atom is 0.252 e. The summed E-state index contributed by atoms with van der Waals surface area (Å²) < 4.78 is 0. The van der Waals surface area contributed by atoms with Gasteiger partial charge < -0.3 is 5.32 Å². The highest BCUT2D eigenvalue weighted by Gasteiger charge is 2.09. The topological polar surface area (TPSA) is 54.9 Å². The van der Waals surface area contributed by atoms with Gasteiger partial charge in [-0.25, -0.2) is 9.97 Å². The normalized spacial score (nSPS) is 10.2. The summed E-state index contributed by atoms with van der Waals surface area (Å²) >= 11 is 0. The van der Waals surface area contributed by atoms with E-state index in [0.29, 0.717) is 5.56 Å². The summed E-state index contributed by atoms with van der Waals surface area (Å²) in [7, 11) is 0. The first kappa shape index (κ1) is 14.0. The highest BCUT2D eigenvalue weighted by Crippen LogP contribution is 2.16. The fraction of sp³-hybridized carbons (Fsp3) is 0.312. The Bertz CT molecular complexity index is 686. The van der Waals surface area contributed by atoms with Crippen LogP contribution in [0.1, 0.15) is 35.6 Å². The third kappa shape index (κ3) is 2.77. The predicted molar refractivity (Wildman–Crippen MR) is 79.5 cm³/mol. The molecule has 0 aliphatic carbocycles. The van der Waals surface area contributed by atoms with Crippen LogP contribution >= 0.6 is 0 Å². The van der Waals surface area contributed by atoms with E-state index in [2.05, 4.69) is 35.1 Å². The van der Waals surface area contributed by atoms with Gasteiger partial charge in [-0.3, -0.25) is 4.79 Å². The Morgan fingerprint density at radius 1 is 1.20 bits per heavy atom. The van der Waals surface area contributed by atoms with Crippen LogP contribution in [0, 0.1) is 12.3 Å². The zero-order valence-electron chi connectivity index (χ0n) is 11.7. The summed E-state index contributed by atoms with van der Waals surface area (Å²) in [5.41, 5.74) is 4.11. The Kier molecular flexibility index (Phi) is 4.31. The largest absolute Gasteiger partial charge is 0.341 e. The van der Waals surface area contributed by atoms with Gasteiger partial charge >= 0.3 is 0 Å². The molecule has 0 saturated carbocycles. The summed E-state index contributed by atoms with van der Waals surface area (Å²) in [6.45, 7) is 4.34. The highest BCUT2D eigenvalue weighted by molar-refractivity contribution is 5.97. The lowest BCUT2D eigenvalue weighted by Gasteiger charge is -2.08. The summed E-state index contributed by atoms with van der Waals surface area (Å²) in [4.78, 5) is 21.1. The molecule has 1 aromatic carbocycles. The van der Waals surface area contributed by atoms with Gasteiger partial charge in [-0.2, -0.15) is 0 Å². The molecule has 20 heavy (non-hydrogen) atoms. The lowest BCUT2D eigenvalue weighted by atomic mass is 10.1. The number of nitrogens with one attached hydrogen (secondary N) is 1. The molecule has 0 radical (unpaired) electrons. The van der Waals surface area contributed by atoms with E-state index < -0.39 is 0 Å². The lowest BCUT2D eigenvalue weighted by molar-refractivity contribution is 0.0959. The number of fused-ring (bicyclic) bond motifs is 1. The molecule has 0 spiro atoms. The minimum atomic E-state index is -0.190. The lowest BCUT2D eigenvalue weighted by Crippen LogP contribution is -2.23. The Balaban J connectivity index is 2.43. The standard InChI is InChI=1S/C16H17N3O/c1-4-9-17-16(20)11-7-8-14-15(10-11)19-13(6-3)12(5-2)18-14/h1,7-8,10H,5-6,9H2,2-3H3,(H,17,20). The molecule has 1 heterocycles. The quantitative estimate of drug-likeness (QED) is 0.863. The Morgan fingerprint density at radius 3 is 2.45 bits per heavy atom. The number of carbonyl (C=O) groups excluding carboxylic acids is 1. The Labute approximate surface area is 118 Å². The summed E-state index contributed by atoms with van der Waals surface area (Å²) in [6, 6.07) is 5.33. The highest BCUT2D eigenvalue weighted by atomic mass is 16.1. The minimum Gasteiger partial charge on any atom is -0.341 e. The van der Waals surface area contributed by atoms with Crippen molar-refractivity contribution in [2.75, 3.05) is 6.54 Å². The van der Waals surface area contributed by atoms with E-state index in [-0.39, 0.29) is 12.5 Å². The molecule has 2 aromatic rings. The van der Waals surface area contributed by atoms with Gasteiger partial charge in [-0.1, -0.05) is 19.8 Å². The fourth-order valence-corrected chi connectivity index (χ4v) is 2.07. The van der Waals surface area contributed by atoms with Crippen molar-refractivity contribution in [3.05, 3.63) is 35.2 Å². The maximum atomic E-state index is 11.9. The van der Waals surface area contributed by atoms with E-state index in [1.807, 2.05) is 6.07 Å². The van der Waals surface area contributed by atoms with Crippen LogP contribution in [0.2, 0.25) is 0 Å². The van der Waals surface area contributed by atoms with Crippen molar-refractivity contribution in [3.8, 4) is 12.3 Å². The third-order valence-electron chi connectivity index (χ3n) is 3.10. The van der Waals surface area contributed by atoms with Gasteiger partial charge in [0.2, 0.25) is 0 Å². The molecule has 1 amide bonds. The van der Waals surface area contributed by atoms with Crippen molar-refractivity contribution in [2.45, 2.75) is 26.7 Å². The van der Waals surface area contributed by atoms with E-state index >= 15 is 0 Å². The maximum absolute atomic E-state index is 11.9. The van der Waals surface area contributed by atoms with Crippen LogP contribution < -0.4 is 5.32 Å². The number of rotatable bonds is 4. The molecule has 0 aliphatic heterocycles. The van der Waals surface area contributed by atoms with Crippen LogP contribution in [0.3, 0.4) is 0 Å². The molecule has 2 rings (SSSR count). The van der Waals surface area contributed by atoms with Crippen molar-refractivity contribution in [1.82, 2.24) is 15.3 Å². The Hall–Kier alpha value is -2.41. The van der Waals surface area contributed by atoms with Crippen LogP contribution in [0.5, 0.6) is 0 Å². The zero-order chi connectivity index (χ0) is 14.5. The number of benzene rings is 1. The van der Waals surface area contributed by atoms with Crippen LogP contribution in [-0.4, -0.2) is 22.4 Å². The minimum absolute atomic E-state index is 0.190. The number of aromatic nitrogens is 2. The van der Waals surface area contributed by atoms with Gasteiger partial charge in [-0.15, -0.1) is 6.42 Å². The molecule has 4 heteroatoms. The van der Waals surface area contributed by atoms with Crippen molar-refractivity contribution in [1.29, 1.82) is 0 Å². The van der Waals surface area contributed by atoms with Crippen molar-refractivity contribution < 1.29 is 4.79 Å².